The third kappa shape index (κ3) is 10.8. The molecule has 0 aromatic heterocycles. The average Bonchev–Trinajstić information content (AvgIpc) is 2.66. The number of aryl methyl sites for hydroxylation is 2. The largest absolute Gasteiger partial charge is 0.493 e. The minimum atomic E-state index is 0.209. The summed E-state index contributed by atoms with van der Waals surface area (Å²) in [7, 11) is 0. The van der Waals surface area contributed by atoms with Crippen LogP contribution in [0.25, 0.3) is 0 Å². The number of hydrogen-bond acceptors (Lipinski definition) is 4. The lowest BCUT2D eigenvalue weighted by Crippen LogP contribution is -2.06. The Morgan fingerprint density at radius 2 is 1.66 bits per heavy atom. The van der Waals surface area contributed by atoms with Crippen LogP contribution in [0.5, 0.6) is 11.5 Å². The summed E-state index contributed by atoms with van der Waals surface area (Å²) in [5.74, 6) is 2.38. The highest BCUT2D eigenvalue weighted by Gasteiger charge is 2.11. The monoisotopic (exact) mass is 443 g/mol. The van der Waals surface area contributed by atoms with Gasteiger partial charge in [-0.1, -0.05) is 56.1 Å². The van der Waals surface area contributed by atoms with E-state index in [2.05, 4.69) is 32.9 Å². The zero-order chi connectivity index (χ0) is 21.6. The number of hydrogen-bond donors (Lipinski definition) is 0. The Hall–Kier alpha value is -1.39. The SMILES string of the molecule is CCc1cc(OCC=C(Cl)Cl)cc(CC)c1OCCCCON=C(C)CC(C)C. The summed E-state index contributed by atoms with van der Waals surface area (Å²) < 4.78 is 12.1. The van der Waals surface area contributed by atoms with Crippen LogP contribution in [0.15, 0.2) is 27.9 Å². The fourth-order valence-corrected chi connectivity index (χ4v) is 3.07. The predicted octanol–water partition coefficient (Wildman–Crippen LogP) is 7.11. The third-order valence-electron chi connectivity index (χ3n) is 4.27. The molecular formula is C23H35Cl2NO3. The molecular weight excluding hydrogens is 409 g/mol. The molecule has 0 bridgehead atoms. The molecule has 164 valence electrons. The third-order valence-corrected chi connectivity index (χ3v) is 4.57. The maximum atomic E-state index is 6.13. The summed E-state index contributed by atoms with van der Waals surface area (Å²) in [6.45, 7) is 12.2. The first-order chi connectivity index (χ1) is 13.9. The van der Waals surface area contributed by atoms with Gasteiger partial charge in [0.15, 0.2) is 0 Å². The van der Waals surface area contributed by atoms with Crippen LogP contribution in [0, 0.1) is 5.92 Å². The van der Waals surface area contributed by atoms with E-state index in [4.69, 9.17) is 37.5 Å². The highest BCUT2D eigenvalue weighted by Crippen LogP contribution is 2.31. The Balaban J connectivity index is 2.53. The molecule has 0 aliphatic carbocycles. The van der Waals surface area contributed by atoms with E-state index in [1.165, 1.54) is 0 Å². The van der Waals surface area contributed by atoms with Gasteiger partial charge in [-0.15, -0.1) is 0 Å². The fraction of sp³-hybridized carbons (Fsp3) is 0.609. The molecule has 6 heteroatoms. The van der Waals surface area contributed by atoms with Crippen molar-refractivity contribution in [2.45, 2.75) is 66.7 Å². The van der Waals surface area contributed by atoms with Crippen molar-refractivity contribution in [3.8, 4) is 11.5 Å². The Morgan fingerprint density at radius 3 is 2.21 bits per heavy atom. The molecule has 0 amide bonds. The molecule has 1 rings (SSSR count). The Bertz CT molecular complexity index is 643. The molecule has 0 saturated carbocycles. The maximum absolute atomic E-state index is 6.13. The molecule has 1 aromatic carbocycles. The highest BCUT2D eigenvalue weighted by molar-refractivity contribution is 6.55. The molecule has 0 radical (unpaired) electrons. The van der Waals surface area contributed by atoms with Gasteiger partial charge in [-0.3, -0.25) is 0 Å². The van der Waals surface area contributed by atoms with Gasteiger partial charge in [-0.25, -0.2) is 0 Å². The van der Waals surface area contributed by atoms with Crippen LogP contribution in [0.1, 0.15) is 65.0 Å². The summed E-state index contributed by atoms with van der Waals surface area (Å²) in [4.78, 5) is 5.40. The van der Waals surface area contributed by atoms with Crippen LogP contribution < -0.4 is 9.47 Å². The van der Waals surface area contributed by atoms with Crippen LogP contribution in [0.4, 0.5) is 0 Å². The van der Waals surface area contributed by atoms with E-state index in [0.29, 0.717) is 25.7 Å². The minimum absolute atomic E-state index is 0.209. The zero-order valence-corrected chi connectivity index (χ0v) is 19.9. The molecule has 0 saturated heterocycles. The Kier molecular flexibility index (Phi) is 12.9. The normalized spacial score (nSPS) is 11.5. The smallest absolute Gasteiger partial charge is 0.125 e. The van der Waals surface area contributed by atoms with Gasteiger partial charge >= 0.3 is 0 Å². The van der Waals surface area contributed by atoms with E-state index in [1.807, 2.05) is 19.1 Å². The molecule has 0 fully saturated rings. The molecule has 0 aliphatic heterocycles. The van der Waals surface area contributed by atoms with Crippen LogP contribution >= 0.6 is 23.2 Å². The van der Waals surface area contributed by atoms with E-state index in [1.54, 1.807) is 6.08 Å². The Labute approximate surface area is 186 Å². The van der Waals surface area contributed by atoms with Crippen molar-refractivity contribution in [2.24, 2.45) is 11.1 Å². The van der Waals surface area contributed by atoms with Gasteiger partial charge in [0.2, 0.25) is 0 Å². The first kappa shape index (κ1) is 25.6. The standard InChI is InChI=1S/C23H35Cl2NO3/c1-6-19-15-21(27-13-10-22(24)25)16-20(7-2)23(19)28-11-8-9-12-29-26-18(5)14-17(3)4/h10,15-17H,6-9,11-14H2,1-5H3. The quantitative estimate of drug-likeness (QED) is 0.174. The number of oxime groups is 1. The second-order valence-electron chi connectivity index (χ2n) is 7.40. The number of rotatable bonds is 14. The molecule has 29 heavy (non-hydrogen) atoms. The van der Waals surface area contributed by atoms with Crippen molar-refractivity contribution in [3.63, 3.8) is 0 Å². The molecule has 0 atom stereocenters. The van der Waals surface area contributed by atoms with Crippen molar-refractivity contribution in [2.75, 3.05) is 19.8 Å². The number of unbranched alkanes of at least 4 members (excludes halogenated alkanes) is 1. The molecule has 4 nitrogen and oxygen atoms in total. The molecule has 0 heterocycles. The molecule has 1 aromatic rings. The van der Waals surface area contributed by atoms with E-state index in [0.717, 1.165) is 60.4 Å². The lowest BCUT2D eigenvalue weighted by atomic mass is 10.0. The molecule has 0 aliphatic rings. The van der Waals surface area contributed by atoms with Crippen molar-refractivity contribution >= 4 is 28.9 Å². The fourth-order valence-electron chi connectivity index (χ4n) is 2.94. The van der Waals surface area contributed by atoms with Gasteiger partial charge < -0.3 is 14.3 Å². The summed E-state index contributed by atoms with van der Waals surface area (Å²) in [6, 6.07) is 4.06. The molecule has 0 unspecified atom stereocenters. The molecule has 0 N–H and O–H groups in total. The second kappa shape index (κ2) is 14.6. The number of ether oxygens (including phenoxy) is 2. The summed E-state index contributed by atoms with van der Waals surface area (Å²) in [5, 5.41) is 4.16. The molecule has 0 spiro atoms. The maximum Gasteiger partial charge on any atom is 0.125 e. The lowest BCUT2D eigenvalue weighted by molar-refractivity contribution is 0.134. The van der Waals surface area contributed by atoms with E-state index in [9.17, 15) is 0 Å². The van der Waals surface area contributed by atoms with E-state index >= 15 is 0 Å². The van der Waals surface area contributed by atoms with Gasteiger partial charge in [0.25, 0.3) is 0 Å². The Morgan fingerprint density at radius 1 is 1.03 bits per heavy atom. The summed E-state index contributed by atoms with van der Waals surface area (Å²) in [5.41, 5.74) is 3.33. The van der Waals surface area contributed by atoms with Crippen LogP contribution in [0.2, 0.25) is 0 Å². The second-order valence-corrected chi connectivity index (χ2v) is 8.40. The van der Waals surface area contributed by atoms with Crippen LogP contribution in [-0.2, 0) is 17.7 Å². The first-order valence-electron chi connectivity index (χ1n) is 10.4. The highest BCUT2D eigenvalue weighted by atomic mass is 35.5. The van der Waals surface area contributed by atoms with Gasteiger partial charge in [-0.2, -0.15) is 0 Å². The lowest BCUT2D eigenvalue weighted by Gasteiger charge is -2.17. The first-order valence-corrected chi connectivity index (χ1v) is 11.2. The van der Waals surface area contributed by atoms with Gasteiger partial charge in [-0.05, 0) is 74.3 Å². The predicted molar refractivity (Wildman–Crippen MR) is 124 cm³/mol. The zero-order valence-electron chi connectivity index (χ0n) is 18.4. The average molecular weight is 444 g/mol. The van der Waals surface area contributed by atoms with E-state index < -0.39 is 0 Å². The number of nitrogens with zero attached hydrogens (tertiary/aromatic N) is 1. The van der Waals surface area contributed by atoms with Crippen molar-refractivity contribution in [1.29, 1.82) is 0 Å². The summed E-state index contributed by atoms with van der Waals surface area (Å²) in [6.07, 6.45) is 6.17. The van der Waals surface area contributed by atoms with Crippen molar-refractivity contribution in [3.05, 3.63) is 33.8 Å². The van der Waals surface area contributed by atoms with Crippen LogP contribution in [0.3, 0.4) is 0 Å². The van der Waals surface area contributed by atoms with Crippen LogP contribution in [-0.4, -0.2) is 25.5 Å². The van der Waals surface area contributed by atoms with Crippen molar-refractivity contribution in [1.82, 2.24) is 0 Å². The van der Waals surface area contributed by atoms with Gasteiger partial charge in [0.05, 0.1) is 12.3 Å². The number of benzene rings is 1. The van der Waals surface area contributed by atoms with Gasteiger partial charge in [0, 0.05) is 0 Å². The minimum Gasteiger partial charge on any atom is -0.493 e. The topological polar surface area (TPSA) is 40.0 Å². The summed E-state index contributed by atoms with van der Waals surface area (Å²) >= 11 is 11.3. The van der Waals surface area contributed by atoms with E-state index in [-0.39, 0.29) is 4.49 Å². The number of halogens is 2. The van der Waals surface area contributed by atoms with Crippen molar-refractivity contribution < 1.29 is 14.3 Å². The van der Waals surface area contributed by atoms with Gasteiger partial charge in [0.1, 0.15) is 29.2 Å².